The maximum atomic E-state index is 10.6. The van der Waals surface area contributed by atoms with Crippen molar-refractivity contribution in [3.05, 3.63) is 60.6 Å². The van der Waals surface area contributed by atoms with Crippen LogP contribution in [-0.4, -0.2) is 47.6 Å². The van der Waals surface area contributed by atoms with Crippen LogP contribution in [0, 0.1) is 5.92 Å². The molecule has 140 valence electrons. The number of likely N-dealkylation sites (tertiary alicyclic amines) is 1. The molecule has 1 fully saturated rings. The molecule has 0 saturated carbocycles. The summed E-state index contributed by atoms with van der Waals surface area (Å²) in [7, 11) is 1.93. The first-order chi connectivity index (χ1) is 13.2. The highest BCUT2D eigenvalue weighted by molar-refractivity contribution is 5.47. The van der Waals surface area contributed by atoms with E-state index in [1.807, 2.05) is 48.4 Å². The molecular formula is C20H24N6O. The number of piperidine rings is 1. The Kier molecular flexibility index (Phi) is 5.22. The molecule has 0 spiro atoms. The quantitative estimate of drug-likeness (QED) is 0.748. The van der Waals surface area contributed by atoms with E-state index >= 15 is 0 Å². The van der Waals surface area contributed by atoms with Crippen molar-refractivity contribution in [1.82, 2.24) is 29.4 Å². The van der Waals surface area contributed by atoms with Gasteiger partial charge in [0.05, 0.1) is 0 Å². The minimum atomic E-state index is -0.492. The van der Waals surface area contributed by atoms with Crippen molar-refractivity contribution in [1.29, 1.82) is 0 Å². The summed E-state index contributed by atoms with van der Waals surface area (Å²) in [5, 5.41) is 10.6. The summed E-state index contributed by atoms with van der Waals surface area (Å²) in [5.74, 6) is 1.66. The molecule has 1 saturated heterocycles. The molecule has 0 radical (unpaired) electrons. The Morgan fingerprint density at radius 1 is 1.07 bits per heavy atom. The Labute approximate surface area is 158 Å². The molecule has 27 heavy (non-hydrogen) atoms. The number of aromatic nitrogens is 5. The van der Waals surface area contributed by atoms with Gasteiger partial charge in [-0.05, 0) is 44.0 Å². The Balaban J connectivity index is 1.32. The number of rotatable bonds is 5. The van der Waals surface area contributed by atoms with Crippen LogP contribution in [0.15, 0.2) is 49.2 Å². The van der Waals surface area contributed by atoms with Gasteiger partial charge in [-0.1, -0.05) is 6.07 Å². The molecule has 1 N–H and O–H groups in total. The molecule has 0 unspecified atom stereocenters. The fourth-order valence-electron chi connectivity index (χ4n) is 3.62. The second kappa shape index (κ2) is 7.94. The van der Waals surface area contributed by atoms with Crippen LogP contribution in [0.25, 0.3) is 11.5 Å². The number of imidazole rings is 1. The van der Waals surface area contributed by atoms with Gasteiger partial charge in [-0.2, -0.15) is 0 Å². The summed E-state index contributed by atoms with van der Waals surface area (Å²) in [6, 6.07) is 5.72. The molecular weight excluding hydrogens is 340 g/mol. The summed E-state index contributed by atoms with van der Waals surface area (Å²) in [6.45, 7) is 2.73. The zero-order chi connectivity index (χ0) is 18.6. The SMILES string of the molecule is Cn1ccnc1[C@H](O)C1CCN(Cc2cnc(-c3ccccn3)nc2)CC1. The van der Waals surface area contributed by atoms with E-state index in [4.69, 9.17) is 0 Å². The van der Waals surface area contributed by atoms with Gasteiger partial charge in [0.2, 0.25) is 0 Å². The lowest BCUT2D eigenvalue weighted by Crippen LogP contribution is -2.35. The van der Waals surface area contributed by atoms with Crippen LogP contribution in [0.4, 0.5) is 0 Å². The van der Waals surface area contributed by atoms with E-state index in [9.17, 15) is 5.11 Å². The third-order valence-corrected chi connectivity index (χ3v) is 5.21. The third kappa shape index (κ3) is 4.04. The molecule has 7 heteroatoms. The summed E-state index contributed by atoms with van der Waals surface area (Å²) in [6.07, 6.45) is 10.5. The van der Waals surface area contributed by atoms with Crippen molar-refractivity contribution in [2.75, 3.05) is 13.1 Å². The van der Waals surface area contributed by atoms with Crippen LogP contribution < -0.4 is 0 Å². The van der Waals surface area contributed by atoms with Crippen LogP contribution in [0.2, 0.25) is 0 Å². The fraction of sp³-hybridized carbons (Fsp3) is 0.400. The normalized spacial score (nSPS) is 17.1. The number of hydrogen-bond donors (Lipinski definition) is 1. The first-order valence-corrected chi connectivity index (χ1v) is 9.30. The molecule has 7 nitrogen and oxygen atoms in total. The number of nitrogens with zero attached hydrogens (tertiary/aromatic N) is 6. The fourth-order valence-corrected chi connectivity index (χ4v) is 3.62. The molecule has 4 heterocycles. The summed E-state index contributed by atoms with van der Waals surface area (Å²) >= 11 is 0. The maximum absolute atomic E-state index is 10.6. The van der Waals surface area contributed by atoms with Crippen molar-refractivity contribution in [3.63, 3.8) is 0 Å². The average molecular weight is 364 g/mol. The predicted molar refractivity (Wildman–Crippen MR) is 101 cm³/mol. The molecule has 0 aromatic carbocycles. The second-order valence-corrected chi connectivity index (χ2v) is 7.08. The zero-order valence-corrected chi connectivity index (χ0v) is 15.4. The molecule has 0 amide bonds. The summed E-state index contributed by atoms with van der Waals surface area (Å²) in [5.41, 5.74) is 1.88. The van der Waals surface area contributed by atoms with E-state index in [1.165, 1.54) is 0 Å². The zero-order valence-electron chi connectivity index (χ0n) is 15.4. The second-order valence-electron chi connectivity index (χ2n) is 7.08. The smallest absolute Gasteiger partial charge is 0.178 e. The van der Waals surface area contributed by atoms with Gasteiger partial charge in [-0.3, -0.25) is 9.88 Å². The van der Waals surface area contributed by atoms with Crippen molar-refractivity contribution in [3.8, 4) is 11.5 Å². The standard InChI is InChI=1S/C20H24N6O/c1-25-11-8-22-20(25)18(27)16-5-9-26(10-6-16)14-15-12-23-19(24-13-15)17-4-2-3-7-21-17/h2-4,7-8,11-13,16,18,27H,5-6,9-10,14H2,1H3/t18-/m1/s1. The van der Waals surface area contributed by atoms with Gasteiger partial charge in [0.1, 0.15) is 17.6 Å². The van der Waals surface area contributed by atoms with Crippen LogP contribution in [0.3, 0.4) is 0 Å². The van der Waals surface area contributed by atoms with Crippen LogP contribution >= 0.6 is 0 Å². The molecule has 1 aliphatic rings. The average Bonchev–Trinajstić information content (AvgIpc) is 3.15. The molecule has 0 aliphatic carbocycles. The van der Waals surface area contributed by atoms with Crippen LogP contribution in [0.5, 0.6) is 0 Å². The Hall–Kier alpha value is -2.64. The van der Waals surface area contributed by atoms with Gasteiger partial charge in [-0.15, -0.1) is 0 Å². The van der Waals surface area contributed by atoms with Crippen molar-refractivity contribution < 1.29 is 5.11 Å². The third-order valence-electron chi connectivity index (χ3n) is 5.21. The summed E-state index contributed by atoms with van der Waals surface area (Å²) < 4.78 is 1.90. The van der Waals surface area contributed by atoms with Crippen molar-refractivity contribution in [2.45, 2.75) is 25.5 Å². The van der Waals surface area contributed by atoms with E-state index in [-0.39, 0.29) is 5.92 Å². The number of aliphatic hydroxyl groups is 1. The molecule has 3 aromatic heterocycles. The number of hydrogen-bond acceptors (Lipinski definition) is 6. The van der Waals surface area contributed by atoms with E-state index in [1.54, 1.807) is 12.4 Å². The van der Waals surface area contributed by atoms with E-state index in [0.29, 0.717) is 5.82 Å². The summed E-state index contributed by atoms with van der Waals surface area (Å²) in [4.78, 5) is 19.9. The van der Waals surface area contributed by atoms with Gasteiger partial charge < -0.3 is 9.67 Å². The topological polar surface area (TPSA) is 80.0 Å². The van der Waals surface area contributed by atoms with Crippen molar-refractivity contribution >= 4 is 0 Å². The molecule has 4 rings (SSSR count). The lowest BCUT2D eigenvalue weighted by Gasteiger charge is -2.33. The maximum Gasteiger partial charge on any atom is 0.178 e. The largest absolute Gasteiger partial charge is 0.385 e. The Morgan fingerprint density at radius 2 is 1.85 bits per heavy atom. The first-order valence-electron chi connectivity index (χ1n) is 9.30. The van der Waals surface area contributed by atoms with Crippen molar-refractivity contribution in [2.24, 2.45) is 13.0 Å². The highest BCUT2D eigenvalue weighted by atomic mass is 16.3. The lowest BCUT2D eigenvalue weighted by molar-refractivity contribution is 0.0491. The van der Waals surface area contributed by atoms with Gasteiger partial charge in [-0.25, -0.2) is 15.0 Å². The monoisotopic (exact) mass is 364 g/mol. The van der Waals surface area contributed by atoms with Gasteiger partial charge in [0, 0.05) is 50.1 Å². The molecule has 1 aliphatic heterocycles. The highest BCUT2D eigenvalue weighted by Gasteiger charge is 2.28. The van der Waals surface area contributed by atoms with E-state index < -0.39 is 6.10 Å². The first kappa shape index (κ1) is 17.8. The molecule has 3 aromatic rings. The van der Waals surface area contributed by atoms with E-state index in [2.05, 4.69) is 24.8 Å². The number of aryl methyl sites for hydroxylation is 1. The minimum Gasteiger partial charge on any atom is -0.385 e. The highest BCUT2D eigenvalue weighted by Crippen LogP contribution is 2.30. The lowest BCUT2D eigenvalue weighted by atomic mass is 9.90. The van der Waals surface area contributed by atoms with E-state index in [0.717, 1.165) is 49.6 Å². The molecule has 1 atom stereocenters. The number of pyridine rings is 1. The Morgan fingerprint density at radius 3 is 2.48 bits per heavy atom. The minimum absolute atomic E-state index is 0.255. The van der Waals surface area contributed by atoms with Gasteiger partial charge in [0.25, 0.3) is 0 Å². The van der Waals surface area contributed by atoms with Gasteiger partial charge in [0.15, 0.2) is 5.82 Å². The predicted octanol–water partition coefficient (Wildman–Crippen LogP) is 2.22. The van der Waals surface area contributed by atoms with Crippen LogP contribution in [-0.2, 0) is 13.6 Å². The Bertz CT molecular complexity index is 856. The number of aliphatic hydroxyl groups excluding tert-OH is 1. The van der Waals surface area contributed by atoms with Crippen LogP contribution in [0.1, 0.15) is 30.3 Å². The molecule has 0 bridgehead atoms. The van der Waals surface area contributed by atoms with Gasteiger partial charge >= 0.3 is 0 Å².